The second-order valence-electron chi connectivity index (χ2n) is 7.49. The van der Waals surface area contributed by atoms with Gasteiger partial charge in [-0.15, -0.1) is 0 Å². The van der Waals surface area contributed by atoms with E-state index in [0.29, 0.717) is 24.3 Å². The molecule has 0 saturated carbocycles. The molecule has 4 rings (SSSR count). The van der Waals surface area contributed by atoms with Crippen molar-refractivity contribution in [2.45, 2.75) is 19.3 Å². The predicted molar refractivity (Wildman–Crippen MR) is 109 cm³/mol. The van der Waals surface area contributed by atoms with Crippen molar-refractivity contribution in [1.82, 2.24) is 0 Å². The van der Waals surface area contributed by atoms with E-state index in [1.54, 1.807) is 24.3 Å². The number of quaternary nitrogens is 1. The van der Waals surface area contributed by atoms with Crippen LogP contribution in [0.25, 0.3) is 0 Å². The van der Waals surface area contributed by atoms with Crippen LogP contribution in [0, 0.1) is 23.0 Å². The molecule has 2 aromatic carbocycles. The van der Waals surface area contributed by atoms with Crippen molar-refractivity contribution in [2.75, 3.05) is 13.1 Å². The number of halogens is 2. The minimum Gasteiger partial charge on any atom is -0.440 e. The van der Waals surface area contributed by atoms with Gasteiger partial charge in [0.05, 0.1) is 18.0 Å². The molecule has 152 valence electrons. The first kappa shape index (κ1) is 19.9. The van der Waals surface area contributed by atoms with Gasteiger partial charge in [0, 0.05) is 12.0 Å². The average Bonchev–Trinajstić information content (AvgIpc) is 2.75. The van der Waals surface area contributed by atoms with E-state index >= 15 is 0 Å². The summed E-state index contributed by atoms with van der Waals surface area (Å²) in [4.78, 5) is 1.21. The molecule has 2 aliphatic rings. The van der Waals surface area contributed by atoms with E-state index < -0.39 is 5.92 Å². The number of rotatable bonds is 4. The molecule has 30 heavy (non-hydrogen) atoms. The largest absolute Gasteiger partial charge is 0.440 e. The average molecular weight is 406 g/mol. The molecule has 2 unspecified atom stereocenters. The molecule has 4 nitrogen and oxygen atoms in total. The topological polar surface area (TPSA) is 63.5 Å². The van der Waals surface area contributed by atoms with E-state index in [9.17, 15) is 14.0 Å². The summed E-state index contributed by atoms with van der Waals surface area (Å²) in [5.41, 5.74) is 10.1. The van der Waals surface area contributed by atoms with Gasteiger partial charge in [0.15, 0.2) is 0 Å². The van der Waals surface area contributed by atoms with Crippen molar-refractivity contribution in [1.29, 1.82) is 5.26 Å². The zero-order valence-corrected chi connectivity index (χ0v) is 16.6. The Bertz CT molecular complexity index is 1090. The maximum absolute atomic E-state index is 13.5. The summed E-state index contributed by atoms with van der Waals surface area (Å²) >= 11 is 0. The van der Waals surface area contributed by atoms with Gasteiger partial charge >= 0.3 is 0 Å². The van der Waals surface area contributed by atoms with Crippen LogP contribution in [0.4, 0.5) is 8.78 Å². The molecule has 0 fully saturated rings. The predicted octanol–water partition coefficient (Wildman–Crippen LogP) is 3.07. The molecular weight excluding hydrogens is 384 g/mol. The molecule has 0 radical (unpaired) electrons. The number of nitriles is 1. The van der Waals surface area contributed by atoms with Gasteiger partial charge in [0.25, 0.3) is 0 Å². The van der Waals surface area contributed by atoms with Gasteiger partial charge in [-0.25, -0.2) is 8.78 Å². The Hall–Kier alpha value is -3.43. The van der Waals surface area contributed by atoms with Gasteiger partial charge in [0.1, 0.15) is 41.8 Å². The van der Waals surface area contributed by atoms with Crippen molar-refractivity contribution in [3.63, 3.8) is 0 Å². The number of hydrogen-bond donors (Lipinski definition) is 2. The summed E-state index contributed by atoms with van der Waals surface area (Å²) in [6, 6.07) is 14.7. The number of ether oxygens (including phenoxy) is 1. The fourth-order valence-corrected chi connectivity index (χ4v) is 4.06. The van der Waals surface area contributed by atoms with Crippen molar-refractivity contribution >= 4 is 0 Å². The van der Waals surface area contributed by atoms with Crippen LogP contribution in [-0.4, -0.2) is 13.1 Å². The minimum absolute atomic E-state index is 0.0653. The number of nitrogens with zero attached hydrogens (tertiary/aromatic N) is 1. The summed E-state index contributed by atoms with van der Waals surface area (Å²) in [6.45, 7) is 3.58. The first-order chi connectivity index (χ1) is 14.5. The Labute approximate surface area is 174 Å². The molecule has 0 bridgehead atoms. The fourth-order valence-electron chi connectivity index (χ4n) is 4.06. The zero-order chi connectivity index (χ0) is 21.3. The molecular formula is C24H22F2N3O+. The smallest absolute Gasteiger partial charge is 0.205 e. The van der Waals surface area contributed by atoms with Crippen molar-refractivity contribution < 1.29 is 18.4 Å². The first-order valence-electron chi connectivity index (χ1n) is 9.86. The van der Waals surface area contributed by atoms with Crippen LogP contribution in [0.3, 0.4) is 0 Å². The normalized spacial score (nSPS) is 20.9. The third-order valence-electron chi connectivity index (χ3n) is 5.58. The fraction of sp³-hybridized carbons (Fsp3) is 0.208. The number of nitrogens with one attached hydrogen (secondary N) is 1. The number of benzene rings is 2. The summed E-state index contributed by atoms with van der Waals surface area (Å²) in [5.74, 6) is -0.291. The van der Waals surface area contributed by atoms with E-state index in [1.165, 1.54) is 29.2 Å². The lowest BCUT2D eigenvalue weighted by molar-refractivity contribution is -0.841. The van der Waals surface area contributed by atoms with Crippen LogP contribution in [0.5, 0.6) is 0 Å². The number of hydrogen-bond acceptors (Lipinski definition) is 3. The van der Waals surface area contributed by atoms with Crippen molar-refractivity contribution in [3.8, 4) is 6.07 Å². The minimum atomic E-state index is -0.391. The molecule has 2 atom stereocenters. The van der Waals surface area contributed by atoms with E-state index in [2.05, 4.69) is 19.2 Å². The third kappa shape index (κ3) is 3.72. The molecule has 0 saturated heterocycles. The lowest BCUT2D eigenvalue weighted by atomic mass is 9.80. The highest BCUT2D eigenvalue weighted by Crippen LogP contribution is 2.41. The van der Waals surface area contributed by atoms with Gasteiger partial charge in [-0.1, -0.05) is 24.3 Å². The Kier molecular flexibility index (Phi) is 5.39. The van der Waals surface area contributed by atoms with Gasteiger partial charge in [-0.2, -0.15) is 5.26 Å². The highest BCUT2D eigenvalue weighted by Gasteiger charge is 2.38. The van der Waals surface area contributed by atoms with E-state index in [-0.39, 0.29) is 17.5 Å². The number of likely N-dealkylation sites (N-methyl/N-ethyl adjacent to an activating group) is 1. The first-order valence-corrected chi connectivity index (χ1v) is 9.86. The highest BCUT2D eigenvalue weighted by molar-refractivity contribution is 5.53. The number of nitrogens with two attached hydrogens (primary N) is 1. The van der Waals surface area contributed by atoms with Crippen molar-refractivity contribution in [2.24, 2.45) is 5.73 Å². The summed E-state index contributed by atoms with van der Waals surface area (Å²) in [5, 5.41) is 9.77. The second-order valence-corrected chi connectivity index (χ2v) is 7.49. The molecule has 6 heteroatoms. The lowest BCUT2D eigenvalue weighted by Crippen LogP contribution is -3.08. The molecule has 0 aromatic heterocycles. The third-order valence-corrected chi connectivity index (χ3v) is 5.58. The Balaban J connectivity index is 1.80. The van der Waals surface area contributed by atoms with E-state index in [1.807, 2.05) is 0 Å². The Morgan fingerprint density at radius 3 is 2.33 bits per heavy atom. The van der Waals surface area contributed by atoms with Gasteiger partial charge in [0.2, 0.25) is 5.88 Å². The number of allylic oxidation sites excluding steroid dienone is 2. The molecule has 2 heterocycles. The molecule has 0 spiro atoms. The Morgan fingerprint density at radius 2 is 1.73 bits per heavy atom. The SMILES string of the molecule is CC[NH+]1C=C(Cc2ccc(F)cc2)C2=C(C1)C(c1ccc(F)cc1)C(C#N)=C(N)O2. The standard InChI is InChI=1S/C24H21F2N3O/c1-2-29-13-17(11-15-3-7-18(25)8-4-15)23-21(14-29)22(20(12-27)24(28)30-23)16-5-9-19(26)10-6-16/h3-10,13,22H,2,11,14,28H2,1H3/p+1. The van der Waals surface area contributed by atoms with Crippen LogP contribution < -0.4 is 10.6 Å². The molecule has 2 aliphatic heterocycles. The molecule has 0 amide bonds. The lowest BCUT2D eigenvalue weighted by Gasteiger charge is -2.34. The molecule has 0 aliphatic carbocycles. The maximum atomic E-state index is 13.5. The van der Waals surface area contributed by atoms with Crippen molar-refractivity contribution in [3.05, 3.63) is 106 Å². The molecule has 2 aromatic rings. The second kappa shape index (κ2) is 8.13. The van der Waals surface area contributed by atoms with E-state index in [0.717, 1.165) is 28.8 Å². The van der Waals surface area contributed by atoms with Gasteiger partial charge < -0.3 is 15.4 Å². The van der Waals surface area contributed by atoms with Crippen LogP contribution >= 0.6 is 0 Å². The van der Waals surface area contributed by atoms with Crippen LogP contribution in [-0.2, 0) is 11.2 Å². The molecule has 3 N–H and O–H groups in total. The van der Waals surface area contributed by atoms with Gasteiger partial charge in [-0.3, -0.25) is 0 Å². The summed E-state index contributed by atoms with van der Waals surface area (Å²) in [6.07, 6.45) is 2.66. The zero-order valence-electron chi connectivity index (χ0n) is 16.6. The highest BCUT2D eigenvalue weighted by atomic mass is 19.1. The van der Waals surface area contributed by atoms with Crippen LogP contribution in [0.1, 0.15) is 24.0 Å². The van der Waals surface area contributed by atoms with Crippen LogP contribution in [0.15, 0.2) is 83.1 Å². The van der Waals surface area contributed by atoms with Crippen LogP contribution in [0.2, 0.25) is 0 Å². The maximum Gasteiger partial charge on any atom is 0.205 e. The van der Waals surface area contributed by atoms with Gasteiger partial charge in [-0.05, 0) is 42.3 Å². The Morgan fingerprint density at radius 1 is 1.10 bits per heavy atom. The van der Waals surface area contributed by atoms with E-state index in [4.69, 9.17) is 10.5 Å². The summed E-state index contributed by atoms with van der Waals surface area (Å²) in [7, 11) is 0. The summed E-state index contributed by atoms with van der Waals surface area (Å²) < 4.78 is 32.8. The quantitative estimate of drug-likeness (QED) is 0.820. The monoisotopic (exact) mass is 406 g/mol.